The Labute approximate surface area is 88.3 Å². The van der Waals surface area contributed by atoms with Crippen LogP contribution in [0.25, 0.3) is 0 Å². The maximum absolute atomic E-state index is 5.51. The molecule has 1 aromatic carbocycles. The molecular weight excluding hydrogens is 186 g/mol. The molecule has 0 radical (unpaired) electrons. The van der Waals surface area contributed by atoms with Crippen molar-refractivity contribution >= 4 is 8.07 Å². The molecule has 0 aliphatic carbocycles. The smallest absolute Gasteiger partial charge is 0.0487 e. The van der Waals surface area contributed by atoms with Crippen LogP contribution in [-0.2, 0) is 12.5 Å². The Morgan fingerprint density at radius 3 is 1.93 bits per heavy atom. The van der Waals surface area contributed by atoms with Crippen molar-refractivity contribution in [1.82, 2.24) is 0 Å². The summed E-state index contributed by atoms with van der Waals surface area (Å²) < 4.78 is 0. The molecule has 1 nitrogen and oxygen atoms in total. The maximum Gasteiger partial charge on any atom is 0.0487 e. The molecule has 0 fully saturated rings. The first-order chi connectivity index (χ1) is 6.51. The second-order valence-corrected chi connectivity index (χ2v) is 10.6. The summed E-state index contributed by atoms with van der Waals surface area (Å²) in [7, 11) is -0.959. The van der Waals surface area contributed by atoms with E-state index >= 15 is 0 Å². The number of benzene rings is 1. The number of rotatable bonds is 4. The van der Waals surface area contributed by atoms with Gasteiger partial charge in [0.15, 0.2) is 0 Å². The molecular formula is C12H21NSi. The molecule has 0 heterocycles. The zero-order valence-electron chi connectivity index (χ0n) is 9.51. The average Bonchev–Trinajstić information content (AvgIpc) is 2.06. The lowest BCUT2D eigenvalue weighted by Crippen LogP contribution is -2.23. The van der Waals surface area contributed by atoms with Crippen molar-refractivity contribution in [3.63, 3.8) is 0 Å². The Morgan fingerprint density at radius 1 is 1.00 bits per heavy atom. The number of hydrogen-bond acceptors (Lipinski definition) is 1. The van der Waals surface area contributed by atoms with Gasteiger partial charge in [-0.05, 0) is 24.6 Å². The van der Waals surface area contributed by atoms with Gasteiger partial charge in [-0.3, -0.25) is 0 Å². The first-order valence-electron chi connectivity index (χ1n) is 5.29. The van der Waals surface area contributed by atoms with Crippen LogP contribution in [0.2, 0.25) is 19.6 Å². The molecule has 0 atom stereocenters. The third-order valence-corrected chi connectivity index (χ3v) is 3.66. The van der Waals surface area contributed by atoms with E-state index < -0.39 is 8.07 Å². The molecule has 0 unspecified atom stereocenters. The highest BCUT2D eigenvalue weighted by Gasteiger charge is 2.13. The van der Waals surface area contributed by atoms with E-state index in [1.807, 2.05) is 0 Å². The third kappa shape index (κ3) is 4.07. The van der Waals surface area contributed by atoms with E-state index in [0.29, 0.717) is 0 Å². The van der Waals surface area contributed by atoms with E-state index in [0.717, 1.165) is 13.0 Å². The SMILES string of the molecule is C[Si](C)(C)Cc1ccc(CCN)cc1. The topological polar surface area (TPSA) is 26.0 Å². The van der Waals surface area contributed by atoms with Gasteiger partial charge >= 0.3 is 0 Å². The largest absolute Gasteiger partial charge is 0.330 e. The minimum Gasteiger partial charge on any atom is -0.330 e. The summed E-state index contributed by atoms with van der Waals surface area (Å²) in [5.74, 6) is 0. The van der Waals surface area contributed by atoms with E-state index in [-0.39, 0.29) is 0 Å². The van der Waals surface area contributed by atoms with Gasteiger partial charge in [0, 0.05) is 8.07 Å². The number of nitrogens with two attached hydrogens (primary N) is 1. The van der Waals surface area contributed by atoms with Gasteiger partial charge in [0.25, 0.3) is 0 Å². The summed E-state index contributed by atoms with van der Waals surface area (Å²) in [6, 6.07) is 10.2. The summed E-state index contributed by atoms with van der Waals surface area (Å²) in [6.07, 6.45) is 0.993. The fourth-order valence-corrected chi connectivity index (χ4v) is 3.06. The third-order valence-electron chi connectivity index (χ3n) is 2.19. The van der Waals surface area contributed by atoms with Crippen molar-refractivity contribution in [2.24, 2.45) is 5.73 Å². The summed E-state index contributed by atoms with van der Waals surface area (Å²) in [5, 5.41) is 0. The average molecular weight is 207 g/mol. The summed E-state index contributed by atoms with van der Waals surface area (Å²) >= 11 is 0. The van der Waals surface area contributed by atoms with E-state index in [1.165, 1.54) is 17.2 Å². The highest BCUT2D eigenvalue weighted by molar-refractivity contribution is 6.75. The van der Waals surface area contributed by atoms with Crippen LogP contribution in [0, 0.1) is 0 Å². The number of hydrogen-bond donors (Lipinski definition) is 1. The van der Waals surface area contributed by atoms with Crippen molar-refractivity contribution < 1.29 is 0 Å². The Kier molecular flexibility index (Phi) is 3.90. The van der Waals surface area contributed by atoms with E-state index in [2.05, 4.69) is 43.9 Å². The minimum absolute atomic E-state index is 0.743. The molecule has 2 N–H and O–H groups in total. The van der Waals surface area contributed by atoms with Crippen molar-refractivity contribution in [3.8, 4) is 0 Å². The van der Waals surface area contributed by atoms with Crippen molar-refractivity contribution in [1.29, 1.82) is 0 Å². The second-order valence-electron chi connectivity index (χ2n) is 5.09. The monoisotopic (exact) mass is 207 g/mol. The molecule has 1 aromatic rings. The fourth-order valence-electron chi connectivity index (χ4n) is 1.60. The Hall–Kier alpha value is -0.603. The van der Waals surface area contributed by atoms with Gasteiger partial charge in [0.05, 0.1) is 0 Å². The molecule has 14 heavy (non-hydrogen) atoms. The molecule has 1 rings (SSSR count). The lowest BCUT2D eigenvalue weighted by atomic mass is 10.1. The highest BCUT2D eigenvalue weighted by Crippen LogP contribution is 2.12. The van der Waals surface area contributed by atoms with Crippen LogP contribution in [0.1, 0.15) is 11.1 Å². The van der Waals surface area contributed by atoms with Gasteiger partial charge in [-0.25, -0.2) is 0 Å². The van der Waals surface area contributed by atoms with Crippen LogP contribution in [0.4, 0.5) is 0 Å². The molecule has 0 saturated heterocycles. The first-order valence-corrected chi connectivity index (χ1v) is 9.00. The molecule has 0 aliphatic rings. The predicted octanol–water partition coefficient (Wildman–Crippen LogP) is 2.61. The Balaban J connectivity index is 2.64. The van der Waals surface area contributed by atoms with Gasteiger partial charge < -0.3 is 5.73 Å². The lowest BCUT2D eigenvalue weighted by molar-refractivity contribution is 0.967. The van der Waals surface area contributed by atoms with E-state index in [4.69, 9.17) is 5.73 Å². The summed E-state index contributed by atoms with van der Waals surface area (Å²) in [4.78, 5) is 0. The zero-order valence-corrected chi connectivity index (χ0v) is 10.5. The maximum atomic E-state index is 5.51. The Bertz CT molecular complexity index is 271. The van der Waals surface area contributed by atoms with Crippen molar-refractivity contribution in [2.75, 3.05) is 6.54 Å². The normalized spacial score (nSPS) is 11.7. The van der Waals surface area contributed by atoms with Crippen LogP contribution in [0.3, 0.4) is 0 Å². The van der Waals surface area contributed by atoms with Crippen LogP contribution in [-0.4, -0.2) is 14.6 Å². The van der Waals surface area contributed by atoms with E-state index in [9.17, 15) is 0 Å². The summed E-state index contributed by atoms with van der Waals surface area (Å²) in [6.45, 7) is 7.95. The van der Waals surface area contributed by atoms with Gasteiger partial charge in [0.1, 0.15) is 0 Å². The molecule has 78 valence electrons. The van der Waals surface area contributed by atoms with Crippen LogP contribution >= 0.6 is 0 Å². The van der Waals surface area contributed by atoms with Crippen LogP contribution in [0.15, 0.2) is 24.3 Å². The van der Waals surface area contributed by atoms with Gasteiger partial charge in [-0.15, -0.1) is 0 Å². The van der Waals surface area contributed by atoms with Crippen molar-refractivity contribution in [3.05, 3.63) is 35.4 Å². The second kappa shape index (κ2) is 4.76. The fraction of sp³-hybridized carbons (Fsp3) is 0.500. The van der Waals surface area contributed by atoms with E-state index in [1.54, 1.807) is 0 Å². The summed E-state index contributed by atoms with van der Waals surface area (Å²) in [5.41, 5.74) is 8.34. The standard InChI is InChI=1S/C12H21NSi/c1-14(2,3)10-12-6-4-11(5-7-12)8-9-13/h4-7H,8-10,13H2,1-3H3. The zero-order chi connectivity index (χ0) is 10.6. The Morgan fingerprint density at radius 2 is 1.50 bits per heavy atom. The molecule has 0 aliphatic heterocycles. The quantitative estimate of drug-likeness (QED) is 0.755. The molecule has 0 saturated carbocycles. The molecule has 0 amide bonds. The minimum atomic E-state index is -0.959. The van der Waals surface area contributed by atoms with Gasteiger partial charge in [-0.2, -0.15) is 0 Å². The van der Waals surface area contributed by atoms with Crippen LogP contribution < -0.4 is 5.73 Å². The molecule has 0 spiro atoms. The van der Waals surface area contributed by atoms with Gasteiger partial charge in [0.2, 0.25) is 0 Å². The first kappa shape index (κ1) is 11.5. The van der Waals surface area contributed by atoms with Crippen molar-refractivity contribution in [2.45, 2.75) is 32.1 Å². The predicted molar refractivity (Wildman–Crippen MR) is 66.3 cm³/mol. The molecule has 0 aromatic heterocycles. The lowest BCUT2D eigenvalue weighted by Gasteiger charge is -2.15. The molecule has 0 bridgehead atoms. The van der Waals surface area contributed by atoms with Crippen LogP contribution in [0.5, 0.6) is 0 Å². The molecule has 2 heteroatoms. The highest BCUT2D eigenvalue weighted by atomic mass is 28.3. The van der Waals surface area contributed by atoms with Gasteiger partial charge in [-0.1, -0.05) is 49.5 Å².